The Morgan fingerprint density at radius 3 is 2.44 bits per heavy atom. The Morgan fingerprint density at radius 1 is 1.30 bits per heavy atom. The number of guanidine groups is 1. The molecule has 4 N–H and O–H groups in total. The van der Waals surface area contributed by atoms with Gasteiger partial charge in [0.05, 0.1) is 18.2 Å². The van der Waals surface area contributed by atoms with Crippen molar-refractivity contribution in [1.82, 2.24) is 15.1 Å². The minimum Gasteiger partial charge on any atom is -0.392 e. The fourth-order valence-electron chi connectivity index (χ4n) is 3.88. The topological polar surface area (TPSA) is 94.2 Å². The molecule has 1 saturated heterocycles. The van der Waals surface area contributed by atoms with Gasteiger partial charge in [-0.15, -0.1) is 24.0 Å². The highest BCUT2D eigenvalue weighted by Crippen LogP contribution is 2.36. The molecule has 2 fully saturated rings. The zero-order valence-electron chi connectivity index (χ0n) is 17.3. The number of amides is 1. The summed E-state index contributed by atoms with van der Waals surface area (Å²) in [5.74, 6) is 0.619. The van der Waals surface area contributed by atoms with Crippen LogP contribution in [0.1, 0.15) is 53.4 Å². The number of aliphatic imine (C=N–C) groups is 1. The third-order valence-corrected chi connectivity index (χ3v) is 6.18. The van der Waals surface area contributed by atoms with Gasteiger partial charge >= 0.3 is 0 Å². The van der Waals surface area contributed by atoms with Gasteiger partial charge in [-0.25, -0.2) is 0 Å². The molecule has 0 aromatic rings. The highest BCUT2D eigenvalue weighted by Gasteiger charge is 2.37. The summed E-state index contributed by atoms with van der Waals surface area (Å²) in [4.78, 5) is 20.9. The van der Waals surface area contributed by atoms with Gasteiger partial charge in [0.2, 0.25) is 5.91 Å². The summed E-state index contributed by atoms with van der Waals surface area (Å²) in [7, 11) is 0. The highest BCUT2D eigenvalue weighted by atomic mass is 127. The lowest BCUT2D eigenvalue weighted by Gasteiger charge is -2.43. The predicted octanol–water partition coefficient (Wildman–Crippen LogP) is 1.39. The molecule has 0 radical (unpaired) electrons. The Balaban J connectivity index is 0.00000364. The fourth-order valence-corrected chi connectivity index (χ4v) is 3.88. The zero-order valence-corrected chi connectivity index (χ0v) is 19.7. The van der Waals surface area contributed by atoms with Crippen LogP contribution in [0.4, 0.5) is 0 Å². The molecule has 2 rings (SSSR count). The molecule has 2 unspecified atom stereocenters. The van der Waals surface area contributed by atoms with Crippen LogP contribution in [0.3, 0.4) is 0 Å². The number of hydrogen-bond acceptors (Lipinski definition) is 4. The Morgan fingerprint density at radius 2 is 1.93 bits per heavy atom. The van der Waals surface area contributed by atoms with Crippen LogP contribution in [-0.4, -0.2) is 77.7 Å². The molecular weight excluding hydrogens is 457 g/mol. The zero-order chi connectivity index (χ0) is 19.4. The van der Waals surface area contributed by atoms with Crippen LogP contribution < -0.4 is 11.1 Å². The van der Waals surface area contributed by atoms with Gasteiger partial charge in [0.1, 0.15) is 0 Å². The molecule has 7 nitrogen and oxygen atoms in total. The van der Waals surface area contributed by atoms with E-state index in [1.807, 2.05) is 13.8 Å². The molecule has 1 saturated carbocycles. The van der Waals surface area contributed by atoms with Gasteiger partial charge in [-0.05, 0) is 33.6 Å². The number of hydrogen-bond donors (Lipinski definition) is 3. The van der Waals surface area contributed by atoms with Gasteiger partial charge in [-0.1, -0.05) is 19.8 Å². The van der Waals surface area contributed by atoms with Crippen molar-refractivity contribution in [3.05, 3.63) is 0 Å². The third kappa shape index (κ3) is 5.93. The van der Waals surface area contributed by atoms with E-state index in [-0.39, 0.29) is 41.4 Å². The van der Waals surface area contributed by atoms with E-state index < -0.39 is 5.54 Å². The first-order chi connectivity index (χ1) is 12.2. The summed E-state index contributed by atoms with van der Waals surface area (Å²) in [5, 5.41) is 13.8. The van der Waals surface area contributed by atoms with Crippen molar-refractivity contribution in [2.45, 2.75) is 65.0 Å². The van der Waals surface area contributed by atoms with E-state index in [0.717, 1.165) is 57.9 Å². The second kappa shape index (κ2) is 10.2. The van der Waals surface area contributed by atoms with Crippen LogP contribution >= 0.6 is 24.0 Å². The maximum atomic E-state index is 11.7. The molecule has 2 atom stereocenters. The summed E-state index contributed by atoms with van der Waals surface area (Å²) in [6.07, 6.45) is 3.91. The quantitative estimate of drug-likeness (QED) is 0.305. The Labute approximate surface area is 181 Å². The van der Waals surface area contributed by atoms with E-state index in [1.54, 1.807) is 0 Å². The number of primary amides is 1. The number of piperazine rings is 1. The largest absolute Gasteiger partial charge is 0.392 e. The highest BCUT2D eigenvalue weighted by molar-refractivity contribution is 14.0. The summed E-state index contributed by atoms with van der Waals surface area (Å²) in [5.41, 5.74) is 4.79. The van der Waals surface area contributed by atoms with Crippen molar-refractivity contribution >= 4 is 35.8 Å². The molecule has 1 heterocycles. The van der Waals surface area contributed by atoms with Crippen LogP contribution in [0.25, 0.3) is 0 Å². The number of halogens is 1. The number of rotatable bonds is 5. The van der Waals surface area contributed by atoms with Crippen molar-refractivity contribution in [2.75, 3.05) is 39.3 Å². The molecule has 1 aliphatic carbocycles. The van der Waals surface area contributed by atoms with Gasteiger partial charge in [0.15, 0.2) is 5.96 Å². The smallest absolute Gasteiger partial charge is 0.237 e. The summed E-state index contributed by atoms with van der Waals surface area (Å²) in [6, 6.07) is 0. The lowest BCUT2D eigenvalue weighted by atomic mass is 9.73. The van der Waals surface area contributed by atoms with Gasteiger partial charge < -0.3 is 21.1 Å². The van der Waals surface area contributed by atoms with Gasteiger partial charge in [-0.3, -0.25) is 14.7 Å². The first-order valence-corrected chi connectivity index (χ1v) is 9.97. The van der Waals surface area contributed by atoms with E-state index in [9.17, 15) is 9.90 Å². The molecule has 158 valence electrons. The summed E-state index contributed by atoms with van der Waals surface area (Å²) < 4.78 is 0. The Kier molecular flexibility index (Phi) is 9.27. The second-order valence-corrected chi connectivity index (χ2v) is 8.48. The molecule has 0 aromatic carbocycles. The first kappa shape index (κ1) is 24.4. The number of nitrogens with two attached hydrogens (primary N) is 1. The standard InChI is InChI=1S/C19H37N5O2.HI/c1-5-21-17(22-14-19(4)9-7-6-8-15(19)25)23-10-12-24(13-11-23)18(2,3)16(20)26;/h15,25H,5-14H2,1-4H3,(H2,20,26)(H,21,22);1H. The van der Waals surface area contributed by atoms with Gasteiger partial charge in [-0.2, -0.15) is 0 Å². The average molecular weight is 495 g/mol. The molecule has 0 aromatic heterocycles. The van der Waals surface area contributed by atoms with Crippen LogP contribution in [0.15, 0.2) is 4.99 Å². The number of nitrogens with one attached hydrogen (secondary N) is 1. The lowest BCUT2D eigenvalue weighted by Crippen LogP contribution is -2.61. The number of aliphatic hydroxyl groups excluding tert-OH is 1. The van der Waals surface area contributed by atoms with Gasteiger partial charge in [0, 0.05) is 38.1 Å². The maximum Gasteiger partial charge on any atom is 0.237 e. The normalized spacial score (nSPS) is 27.8. The second-order valence-electron chi connectivity index (χ2n) is 8.48. The molecule has 0 bridgehead atoms. The Hall–Kier alpha value is -0.610. The van der Waals surface area contributed by atoms with Crippen LogP contribution in [0, 0.1) is 5.41 Å². The van der Waals surface area contributed by atoms with Crippen LogP contribution in [0.5, 0.6) is 0 Å². The maximum absolute atomic E-state index is 11.7. The minimum absolute atomic E-state index is 0. The number of nitrogens with zero attached hydrogens (tertiary/aromatic N) is 3. The van der Waals surface area contributed by atoms with E-state index in [0.29, 0.717) is 6.54 Å². The van der Waals surface area contributed by atoms with Crippen LogP contribution in [-0.2, 0) is 4.79 Å². The van der Waals surface area contributed by atoms with Crippen molar-refractivity contribution < 1.29 is 9.90 Å². The van der Waals surface area contributed by atoms with Crippen molar-refractivity contribution in [2.24, 2.45) is 16.1 Å². The monoisotopic (exact) mass is 495 g/mol. The number of aliphatic hydroxyl groups is 1. The average Bonchev–Trinajstić information content (AvgIpc) is 2.61. The first-order valence-electron chi connectivity index (χ1n) is 9.97. The molecule has 2 aliphatic rings. The van der Waals surface area contributed by atoms with E-state index >= 15 is 0 Å². The molecule has 1 aliphatic heterocycles. The summed E-state index contributed by atoms with van der Waals surface area (Å²) in [6.45, 7) is 12.6. The molecule has 1 amide bonds. The van der Waals surface area contributed by atoms with E-state index in [4.69, 9.17) is 10.7 Å². The Bertz CT molecular complexity index is 520. The van der Waals surface area contributed by atoms with Gasteiger partial charge in [0.25, 0.3) is 0 Å². The SMILES string of the molecule is CCNC(=NCC1(C)CCCCC1O)N1CCN(C(C)(C)C(N)=O)CC1.I. The van der Waals surface area contributed by atoms with Crippen molar-refractivity contribution in [3.8, 4) is 0 Å². The van der Waals surface area contributed by atoms with Crippen molar-refractivity contribution in [1.29, 1.82) is 0 Å². The molecular formula is C19H38IN5O2. The molecule has 0 spiro atoms. The summed E-state index contributed by atoms with van der Waals surface area (Å²) >= 11 is 0. The van der Waals surface area contributed by atoms with E-state index in [2.05, 4.69) is 29.0 Å². The minimum atomic E-state index is -0.624. The van der Waals surface area contributed by atoms with E-state index in [1.165, 1.54) is 6.42 Å². The number of carbonyl (C=O) groups is 1. The fraction of sp³-hybridized carbons (Fsp3) is 0.895. The van der Waals surface area contributed by atoms with Crippen LogP contribution in [0.2, 0.25) is 0 Å². The number of carbonyl (C=O) groups excluding carboxylic acids is 1. The third-order valence-electron chi connectivity index (χ3n) is 6.18. The lowest BCUT2D eigenvalue weighted by molar-refractivity contribution is -0.129. The predicted molar refractivity (Wildman–Crippen MR) is 120 cm³/mol. The van der Waals surface area contributed by atoms with Crippen molar-refractivity contribution in [3.63, 3.8) is 0 Å². The molecule has 27 heavy (non-hydrogen) atoms. The molecule has 8 heteroatoms.